The van der Waals surface area contributed by atoms with E-state index in [1.807, 2.05) is 36.4 Å². The summed E-state index contributed by atoms with van der Waals surface area (Å²) in [5.41, 5.74) is 4.78. The van der Waals surface area contributed by atoms with Crippen LogP contribution in [-0.2, 0) is 21.4 Å². The number of rotatable bonds is 6. The quantitative estimate of drug-likeness (QED) is 0.487. The number of nitrogens with one attached hydrogen (secondary N) is 2. The Morgan fingerprint density at radius 1 is 1.09 bits per heavy atom. The lowest BCUT2D eigenvalue weighted by Crippen LogP contribution is -2.34. The first-order chi connectivity index (χ1) is 16.5. The number of benzene rings is 2. The van der Waals surface area contributed by atoms with Gasteiger partial charge in [0.05, 0.1) is 12.2 Å². The van der Waals surface area contributed by atoms with E-state index in [-0.39, 0.29) is 19.1 Å². The number of aromatic nitrogens is 2. The summed E-state index contributed by atoms with van der Waals surface area (Å²) >= 11 is 0. The van der Waals surface area contributed by atoms with Gasteiger partial charge in [-0.15, -0.1) is 0 Å². The van der Waals surface area contributed by atoms with Gasteiger partial charge in [-0.25, -0.2) is 9.59 Å². The molecule has 1 unspecified atom stereocenters. The van der Waals surface area contributed by atoms with Crippen molar-refractivity contribution in [3.63, 3.8) is 0 Å². The number of amides is 2. The van der Waals surface area contributed by atoms with Crippen molar-refractivity contribution in [3.05, 3.63) is 77.6 Å². The van der Waals surface area contributed by atoms with Gasteiger partial charge >= 0.3 is 12.1 Å². The minimum Gasteiger partial charge on any atom is -0.479 e. The number of aliphatic carboxylic acids is 1. The molecule has 2 amide bonds. The average Bonchev–Trinajstić information content (AvgIpc) is 3.40. The third-order valence-electron chi connectivity index (χ3n) is 5.54. The van der Waals surface area contributed by atoms with Crippen LogP contribution in [0.15, 0.2) is 60.8 Å². The molecular formula is C25H22N4O5. The van der Waals surface area contributed by atoms with Crippen LogP contribution >= 0.6 is 0 Å². The predicted octanol–water partition coefficient (Wildman–Crippen LogP) is 2.20. The third kappa shape index (κ3) is 4.76. The summed E-state index contributed by atoms with van der Waals surface area (Å²) < 4.78 is 6.75. The van der Waals surface area contributed by atoms with E-state index in [2.05, 4.69) is 39.7 Å². The summed E-state index contributed by atoms with van der Waals surface area (Å²) in [6, 6.07) is 16.3. The van der Waals surface area contributed by atoms with Crippen molar-refractivity contribution in [2.75, 3.05) is 13.2 Å². The van der Waals surface area contributed by atoms with Crippen molar-refractivity contribution in [1.29, 1.82) is 0 Å². The molecule has 3 N–H and O–H groups in total. The topological polar surface area (TPSA) is 123 Å². The van der Waals surface area contributed by atoms with Crippen LogP contribution in [0.4, 0.5) is 4.79 Å². The second kappa shape index (κ2) is 9.92. The van der Waals surface area contributed by atoms with Crippen LogP contribution in [0.3, 0.4) is 0 Å². The van der Waals surface area contributed by atoms with Gasteiger partial charge in [0.25, 0.3) is 5.91 Å². The Hall–Kier alpha value is -4.58. The van der Waals surface area contributed by atoms with E-state index in [0.717, 1.165) is 22.3 Å². The molecule has 0 fully saturated rings. The van der Waals surface area contributed by atoms with E-state index in [1.54, 1.807) is 7.05 Å². The predicted molar refractivity (Wildman–Crippen MR) is 123 cm³/mol. The Morgan fingerprint density at radius 3 is 2.32 bits per heavy atom. The molecule has 9 heteroatoms. The zero-order chi connectivity index (χ0) is 24.1. The number of hydrogen-bond acceptors (Lipinski definition) is 5. The van der Waals surface area contributed by atoms with Crippen molar-refractivity contribution in [2.24, 2.45) is 7.05 Å². The SMILES string of the molecule is Cn1nccc1C(NC(=O)C#CCNC(=O)OCC1c2ccccc2-c2ccccc21)C(=O)O. The van der Waals surface area contributed by atoms with Crippen LogP contribution in [0.25, 0.3) is 11.1 Å². The van der Waals surface area contributed by atoms with Crippen LogP contribution in [-0.4, -0.2) is 46.0 Å². The molecule has 1 aromatic heterocycles. The normalized spacial score (nSPS) is 12.5. The van der Waals surface area contributed by atoms with Crippen LogP contribution in [0.5, 0.6) is 0 Å². The van der Waals surface area contributed by atoms with Gasteiger partial charge in [0, 0.05) is 19.2 Å². The minimum absolute atomic E-state index is 0.0602. The lowest BCUT2D eigenvalue weighted by molar-refractivity contribution is -0.141. The molecule has 2 aromatic carbocycles. The van der Waals surface area contributed by atoms with E-state index >= 15 is 0 Å². The molecule has 1 aliphatic carbocycles. The van der Waals surface area contributed by atoms with Crippen molar-refractivity contribution in [1.82, 2.24) is 20.4 Å². The molecule has 3 aromatic rings. The van der Waals surface area contributed by atoms with Crippen LogP contribution in [0.2, 0.25) is 0 Å². The van der Waals surface area contributed by atoms with Gasteiger partial charge in [-0.05, 0) is 34.2 Å². The third-order valence-corrected chi connectivity index (χ3v) is 5.54. The fourth-order valence-corrected chi connectivity index (χ4v) is 3.99. The van der Waals surface area contributed by atoms with E-state index < -0.39 is 24.0 Å². The number of carbonyl (C=O) groups excluding carboxylic acids is 2. The molecule has 0 aliphatic heterocycles. The summed E-state index contributed by atoms with van der Waals surface area (Å²) in [4.78, 5) is 35.6. The number of nitrogens with zero attached hydrogens (tertiary/aromatic N) is 2. The first kappa shape index (κ1) is 22.6. The Kier molecular flexibility index (Phi) is 6.59. The standard InChI is InChI=1S/C25H22N4O5/c1-29-21(12-14-27-29)23(24(31)32)28-22(30)11-6-13-26-25(33)34-15-20-18-9-4-2-7-16(18)17-8-3-5-10-19(17)20/h2-5,7-10,12,14,20,23H,13,15H2,1H3,(H,26,33)(H,28,30)(H,31,32). The summed E-state index contributed by atoms with van der Waals surface area (Å²) in [5.74, 6) is 2.67. The number of hydrogen-bond donors (Lipinski definition) is 3. The largest absolute Gasteiger partial charge is 0.479 e. The maximum atomic E-state index is 12.1. The van der Waals surface area contributed by atoms with E-state index in [9.17, 15) is 19.5 Å². The zero-order valence-corrected chi connectivity index (χ0v) is 18.3. The Morgan fingerprint density at radius 2 is 1.74 bits per heavy atom. The number of ether oxygens (including phenoxy) is 1. The number of carboxylic acid groups (broad SMARTS) is 1. The van der Waals surface area contributed by atoms with E-state index in [4.69, 9.17) is 4.74 Å². The minimum atomic E-state index is -1.29. The van der Waals surface area contributed by atoms with Crippen LogP contribution < -0.4 is 10.6 Å². The van der Waals surface area contributed by atoms with Gasteiger partial charge in [0.1, 0.15) is 6.61 Å². The van der Waals surface area contributed by atoms with Crippen molar-refractivity contribution >= 4 is 18.0 Å². The maximum absolute atomic E-state index is 12.1. The molecule has 0 saturated heterocycles. The van der Waals surface area contributed by atoms with Crippen molar-refractivity contribution < 1.29 is 24.2 Å². The summed E-state index contributed by atoms with van der Waals surface area (Å²) in [6.07, 6.45) is 0.774. The van der Waals surface area contributed by atoms with Gasteiger partial charge in [0.15, 0.2) is 6.04 Å². The Balaban J connectivity index is 1.28. The number of fused-ring (bicyclic) bond motifs is 3. The van der Waals surface area contributed by atoms with E-state index in [1.165, 1.54) is 16.9 Å². The van der Waals surface area contributed by atoms with Gasteiger partial charge in [0.2, 0.25) is 0 Å². The van der Waals surface area contributed by atoms with Crippen molar-refractivity contribution in [2.45, 2.75) is 12.0 Å². The zero-order valence-electron chi connectivity index (χ0n) is 18.3. The molecule has 172 valence electrons. The van der Waals surface area contributed by atoms with Gasteiger partial charge in [-0.1, -0.05) is 54.5 Å². The summed E-state index contributed by atoms with van der Waals surface area (Å²) in [7, 11) is 1.57. The summed E-state index contributed by atoms with van der Waals surface area (Å²) in [5, 5.41) is 18.0. The molecule has 0 saturated carbocycles. The average molecular weight is 458 g/mol. The maximum Gasteiger partial charge on any atom is 0.407 e. The summed E-state index contributed by atoms with van der Waals surface area (Å²) in [6.45, 7) is 0.0340. The highest BCUT2D eigenvalue weighted by Gasteiger charge is 2.29. The molecule has 34 heavy (non-hydrogen) atoms. The molecule has 9 nitrogen and oxygen atoms in total. The molecule has 0 bridgehead atoms. The highest BCUT2D eigenvalue weighted by atomic mass is 16.5. The van der Waals surface area contributed by atoms with Crippen molar-refractivity contribution in [3.8, 4) is 23.0 Å². The molecule has 1 aliphatic rings. The smallest absolute Gasteiger partial charge is 0.407 e. The molecule has 0 spiro atoms. The fraction of sp³-hybridized carbons (Fsp3) is 0.200. The molecular weight excluding hydrogens is 436 g/mol. The fourth-order valence-electron chi connectivity index (χ4n) is 3.99. The first-order valence-corrected chi connectivity index (χ1v) is 10.5. The lowest BCUT2D eigenvalue weighted by Gasteiger charge is -2.14. The highest BCUT2D eigenvalue weighted by molar-refractivity contribution is 5.96. The van der Waals surface area contributed by atoms with Gasteiger partial charge in [-0.2, -0.15) is 5.10 Å². The number of alkyl carbamates (subject to hydrolysis) is 1. The molecule has 4 rings (SSSR count). The van der Waals surface area contributed by atoms with Crippen LogP contribution in [0.1, 0.15) is 28.8 Å². The van der Waals surface area contributed by atoms with E-state index in [0.29, 0.717) is 5.69 Å². The highest BCUT2D eigenvalue weighted by Crippen LogP contribution is 2.44. The van der Waals surface area contributed by atoms with Crippen LogP contribution in [0, 0.1) is 11.8 Å². The van der Waals surface area contributed by atoms with Gasteiger partial charge in [-0.3, -0.25) is 9.48 Å². The molecule has 1 heterocycles. The van der Waals surface area contributed by atoms with Gasteiger partial charge < -0.3 is 20.5 Å². The number of carbonyl (C=O) groups is 3. The number of carboxylic acids is 1. The molecule has 0 radical (unpaired) electrons. The monoisotopic (exact) mass is 458 g/mol. The Labute approximate surface area is 195 Å². The first-order valence-electron chi connectivity index (χ1n) is 10.5. The second-order valence-electron chi connectivity index (χ2n) is 7.61. The second-order valence-corrected chi connectivity index (χ2v) is 7.61. The lowest BCUT2D eigenvalue weighted by atomic mass is 9.98. The molecule has 1 atom stereocenters. The Bertz CT molecular complexity index is 1260. The number of aryl methyl sites for hydroxylation is 1.